The van der Waals surface area contributed by atoms with Crippen LogP contribution in [0.2, 0.25) is 0 Å². The van der Waals surface area contributed by atoms with Gasteiger partial charge in [-0.25, -0.2) is 0 Å². The minimum Gasteiger partial charge on any atom is -0.347 e. The third-order valence-electron chi connectivity index (χ3n) is 19.5. The fourth-order valence-corrected chi connectivity index (χ4v) is 13.4. The molecule has 0 N–H and O–H groups in total. The van der Waals surface area contributed by atoms with Crippen molar-refractivity contribution in [2.75, 3.05) is 0 Å². The van der Waals surface area contributed by atoms with Crippen LogP contribution in [-0.4, -0.2) is 129 Å². The van der Waals surface area contributed by atoms with Crippen LogP contribution in [0.25, 0.3) is 0 Å². The lowest BCUT2D eigenvalue weighted by Crippen LogP contribution is -2.59. The van der Waals surface area contributed by atoms with Gasteiger partial charge in [-0.2, -0.15) is 0 Å². The second-order valence-corrected chi connectivity index (χ2v) is 24.3. The van der Waals surface area contributed by atoms with Crippen LogP contribution in [0.4, 0.5) is 0 Å². The minimum absolute atomic E-state index is 0.0592. The van der Waals surface area contributed by atoms with E-state index < -0.39 is 37.7 Å². The van der Waals surface area contributed by atoms with Crippen LogP contribution < -0.4 is 0 Å². The standard InChI is InChI=1S/C55H96O14/c1-22-21-42-56-35(14)43(22)64-50-30(9)24(3)45(37(16)58-50)66-52-32(11)26(5)47(39(18)60-52)68-54-34(13)28(7)49(41(20)62-54)69-55-33(12)27(6)48(40(19)61-55)67-53-31(10)25(4)46(38(17)59-53)65-51-29(8)23(2)44(63-42)36(15)57-51/h22-55H,21H2,1-20H3/t22-,23-,24-,25-,26-,27-,28-,29?,30?,31?,32?,33?,34?,35?,36?,37?,38?,39?,40?,41?,42+,43+,44+,45+,46+,47+,48+,49+,50+,51-,52+,53+,54+,55-/m1/s1. The summed E-state index contributed by atoms with van der Waals surface area (Å²) < 4.78 is 95.7. The maximum atomic E-state index is 6.97. The fourth-order valence-electron chi connectivity index (χ4n) is 13.4. The Morgan fingerprint density at radius 1 is 0.188 bits per heavy atom. The molecule has 21 aliphatic heterocycles. The Bertz CT molecular complexity index is 1650. The summed E-state index contributed by atoms with van der Waals surface area (Å²) in [5.74, 6) is 1.40. The van der Waals surface area contributed by atoms with E-state index in [0.717, 1.165) is 0 Å². The molecule has 14 nitrogen and oxygen atoms in total. The van der Waals surface area contributed by atoms with Gasteiger partial charge in [-0.3, -0.25) is 0 Å². The van der Waals surface area contributed by atoms with Gasteiger partial charge in [-0.1, -0.05) is 90.0 Å². The molecular weight excluding hydrogens is 885 g/mol. The molecule has 0 saturated carbocycles. The van der Waals surface area contributed by atoms with Gasteiger partial charge in [0.15, 0.2) is 44.0 Å². The van der Waals surface area contributed by atoms with E-state index in [-0.39, 0.29) is 169 Å². The summed E-state index contributed by atoms with van der Waals surface area (Å²) in [4.78, 5) is 0. The second-order valence-electron chi connectivity index (χ2n) is 24.3. The highest BCUT2D eigenvalue weighted by Gasteiger charge is 2.54. The van der Waals surface area contributed by atoms with Gasteiger partial charge in [-0.05, 0) is 89.9 Å². The molecule has 400 valence electrons. The van der Waals surface area contributed by atoms with Gasteiger partial charge >= 0.3 is 0 Å². The molecule has 0 amide bonds. The van der Waals surface area contributed by atoms with Crippen LogP contribution in [0.1, 0.15) is 145 Å². The van der Waals surface area contributed by atoms with Gasteiger partial charge in [0.25, 0.3) is 0 Å². The summed E-state index contributed by atoms with van der Waals surface area (Å²) in [5.41, 5.74) is 0. The lowest BCUT2D eigenvalue weighted by Gasteiger charge is -2.51. The van der Waals surface area contributed by atoms with Crippen LogP contribution in [0.5, 0.6) is 0 Å². The lowest BCUT2D eigenvalue weighted by molar-refractivity contribution is -0.364. The molecule has 14 bridgehead atoms. The Morgan fingerprint density at radius 2 is 0.377 bits per heavy atom. The molecule has 0 aromatic carbocycles. The Morgan fingerprint density at radius 3 is 0.594 bits per heavy atom. The molecule has 0 aromatic rings. The molecule has 21 fully saturated rings. The highest BCUT2D eigenvalue weighted by atomic mass is 16.8. The monoisotopic (exact) mass is 981 g/mol. The maximum Gasteiger partial charge on any atom is 0.161 e. The van der Waals surface area contributed by atoms with E-state index in [1.165, 1.54) is 0 Å². The van der Waals surface area contributed by atoms with Crippen molar-refractivity contribution < 1.29 is 66.3 Å². The number of hydrogen-bond acceptors (Lipinski definition) is 14. The van der Waals surface area contributed by atoms with Crippen molar-refractivity contribution in [3.63, 3.8) is 0 Å². The normalized spacial score (nSPS) is 59.3. The number of ether oxygens (including phenoxy) is 14. The zero-order valence-electron chi connectivity index (χ0n) is 46.1. The van der Waals surface area contributed by atoms with Crippen molar-refractivity contribution >= 4 is 0 Å². The highest BCUT2D eigenvalue weighted by Crippen LogP contribution is 2.46. The average molecular weight is 981 g/mol. The Kier molecular flexibility index (Phi) is 17.4. The molecule has 21 heterocycles. The predicted octanol–water partition coefficient (Wildman–Crippen LogP) is 9.57. The largest absolute Gasteiger partial charge is 0.347 e. The molecule has 21 aliphatic rings. The summed E-state index contributed by atoms with van der Waals surface area (Å²) in [6.07, 6.45) is -4.92. The fraction of sp³-hybridized carbons (Fsp3) is 1.00. The lowest BCUT2D eigenvalue weighted by atomic mass is 9.81. The van der Waals surface area contributed by atoms with E-state index in [4.69, 9.17) is 66.3 Å². The summed E-state index contributed by atoms with van der Waals surface area (Å²) >= 11 is 0. The van der Waals surface area contributed by atoms with E-state index in [1.807, 2.05) is 0 Å². The zero-order chi connectivity index (χ0) is 50.2. The molecule has 14 heteroatoms. The van der Waals surface area contributed by atoms with E-state index in [1.54, 1.807) is 0 Å². The quantitative estimate of drug-likeness (QED) is 0.229. The maximum absolute atomic E-state index is 6.97. The molecule has 69 heavy (non-hydrogen) atoms. The Balaban J connectivity index is 1.01. The van der Waals surface area contributed by atoms with Gasteiger partial charge in [0.05, 0.1) is 85.5 Å². The number of hydrogen-bond donors (Lipinski definition) is 0. The smallest absolute Gasteiger partial charge is 0.161 e. The van der Waals surface area contributed by atoms with E-state index in [2.05, 4.69) is 138 Å². The third kappa shape index (κ3) is 10.8. The SMILES string of the molecule is CC1[C@@H]2OC(C)[C@@H](O[C@H]3C[C@@H](C)[C@H](O[C@@H]4OC(C)[C@@H](O[C@@H]5OC(C)[C@@H](O[C@@H]6OC(C)[C@@H](O[C@H]7OC(C)[C@@H](O[C@@H]8OC(C)[C@@H](O2)[C@H](C)C8C)[C@H](C)C7C)[C@H](C)C6C)[C@H](C)C5C)[C@H](C)C4C)C(C)O3)[C@@H]1C. The van der Waals surface area contributed by atoms with Crippen molar-refractivity contribution in [2.24, 2.45) is 76.9 Å². The molecule has 21 rings (SSSR count). The van der Waals surface area contributed by atoms with Crippen LogP contribution in [0.15, 0.2) is 0 Å². The third-order valence-corrected chi connectivity index (χ3v) is 19.5. The summed E-state index contributed by atoms with van der Waals surface area (Å²) in [6.45, 7) is 43.7. The number of rotatable bonds is 0. The first kappa shape index (κ1) is 54.7. The van der Waals surface area contributed by atoms with Gasteiger partial charge in [0.1, 0.15) is 0 Å². The van der Waals surface area contributed by atoms with Crippen molar-refractivity contribution in [3.8, 4) is 0 Å². The van der Waals surface area contributed by atoms with Crippen LogP contribution >= 0.6 is 0 Å². The molecular formula is C55H96O14. The van der Waals surface area contributed by atoms with E-state index >= 15 is 0 Å². The summed E-state index contributed by atoms with van der Waals surface area (Å²) in [5, 5.41) is 0. The molecule has 21 saturated heterocycles. The second kappa shape index (κ2) is 22.0. The van der Waals surface area contributed by atoms with Gasteiger partial charge in [0, 0.05) is 41.9 Å². The van der Waals surface area contributed by atoms with Crippen molar-refractivity contribution in [1.29, 1.82) is 0 Å². The van der Waals surface area contributed by atoms with Crippen LogP contribution in [0.3, 0.4) is 0 Å². The predicted molar refractivity (Wildman–Crippen MR) is 258 cm³/mol. The molecule has 0 aliphatic carbocycles. The Hall–Kier alpha value is -0.560. The molecule has 13 unspecified atom stereocenters. The first-order chi connectivity index (χ1) is 32.5. The zero-order valence-corrected chi connectivity index (χ0v) is 46.1. The van der Waals surface area contributed by atoms with Gasteiger partial charge < -0.3 is 66.3 Å². The first-order valence-corrected chi connectivity index (χ1v) is 27.6. The van der Waals surface area contributed by atoms with Gasteiger partial charge in [0.2, 0.25) is 0 Å². The topological polar surface area (TPSA) is 129 Å². The van der Waals surface area contributed by atoms with E-state index in [0.29, 0.717) is 6.42 Å². The highest BCUT2D eigenvalue weighted by molar-refractivity contribution is 4.95. The van der Waals surface area contributed by atoms with Crippen LogP contribution in [0, 0.1) is 76.9 Å². The average Bonchev–Trinajstić information content (AvgIpc) is 3.29. The first-order valence-electron chi connectivity index (χ1n) is 27.6. The molecule has 0 aromatic heterocycles. The minimum atomic E-state index is -0.418. The molecule has 0 radical (unpaired) electrons. The summed E-state index contributed by atoms with van der Waals surface area (Å²) in [7, 11) is 0. The molecule has 34 atom stereocenters. The van der Waals surface area contributed by atoms with E-state index in [9.17, 15) is 0 Å². The van der Waals surface area contributed by atoms with Crippen LogP contribution in [-0.2, 0) is 66.3 Å². The van der Waals surface area contributed by atoms with Crippen molar-refractivity contribution in [3.05, 3.63) is 0 Å². The Labute approximate surface area is 416 Å². The van der Waals surface area contributed by atoms with Crippen molar-refractivity contribution in [1.82, 2.24) is 0 Å². The molecule has 0 spiro atoms. The van der Waals surface area contributed by atoms with Gasteiger partial charge in [-0.15, -0.1) is 0 Å². The summed E-state index contributed by atoms with van der Waals surface area (Å²) in [6, 6.07) is 0. The van der Waals surface area contributed by atoms with Crippen molar-refractivity contribution in [2.45, 2.75) is 274 Å².